The van der Waals surface area contributed by atoms with Crippen molar-refractivity contribution in [3.8, 4) is 0 Å². The smallest absolute Gasteiger partial charge is 0.258 e. The third kappa shape index (κ3) is 2.62. The van der Waals surface area contributed by atoms with Gasteiger partial charge in [0.2, 0.25) is 0 Å². The largest absolute Gasteiger partial charge is 0.377 e. The van der Waals surface area contributed by atoms with Gasteiger partial charge in [-0.05, 0) is 29.6 Å². The molecular formula is C13H10ClN3OS. The molecule has 3 aromatic rings. The number of nitrogens with one attached hydrogen (secondary N) is 2. The van der Waals surface area contributed by atoms with Crippen LogP contribution in [0.1, 0.15) is 5.82 Å². The van der Waals surface area contributed by atoms with Crippen molar-refractivity contribution in [2.24, 2.45) is 0 Å². The fraction of sp³-hybridized carbons (Fsp3) is 0.0769. The summed E-state index contributed by atoms with van der Waals surface area (Å²) in [6, 6.07) is 7.03. The van der Waals surface area contributed by atoms with Crippen molar-refractivity contribution >= 4 is 39.5 Å². The molecule has 96 valence electrons. The molecule has 0 fully saturated rings. The molecule has 19 heavy (non-hydrogen) atoms. The van der Waals surface area contributed by atoms with Crippen LogP contribution in [0.4, 0.5) is 5.69 Å². The second kappa shape index (κ2) is 5.03. The average molecular weight is 292 g/mol. The van der Waals surface area contributed by atoms with Crippen LogP contribution in [0, 0.1) is 0 Å². The molecule has 6 heteroatoms. The number of nitrogens with zero attached hydrogens (tertiary/aromatic N) is 1. The highest BCUT2D eigenvalue weighted by molar-refractivity contribution is 7.08. The van der Waals surface area contributed by atoms with Crippen molar-refractivity contribution < 1.29 is 0 Å². The molecule has 2 N–H and O–H groups in total. The van der Waals surface area contributed by atoms with Crippen molar-refractivity contribution in [2.45, 2.75) is 6.54 Å². The molecule has 0 saturated carbocycles. The lowest BCUT2D eigenvalue weighted by Crippen LogP contribution is -2.14. The van der Waals surface area contributed by atoms with Gasteiger partial charge < -0.3 is 10.3 Å². The van der Waals surface area contributed by atoms with Gasteiger partial charge >= 0.3 is 0 Å². The molecule has 0 bridgehead atoms. The second-order valence-corrected chi connectivity index (χ2v) is 5.26. The van der Waals surface area contributed by atoms with Gasteiger partial charge in [0.15, 0.2) is 0 Å². The van der Waals surface area contributed by atoms with E-state index in [4.69, 9.17) is 11.6 Å². The maximum absolute atomic E-state index is 11.9. The van der Waals surface area contributed by atoms with E-state index < -0.39 is 0 Å². The van der Waals surface area contributed by atoms with Crippen LogP contribution in [0.3, 0.4) is 0 Å². The third-order valence-corrected chi connectivity index (χ3v) is 3.62. The summed E-state index contributed by atoms with van der Waals surface area (Å²) in [5.41, 5.74) is 1.47. The zero-order valence-corrected chi connectivity index (χ0v) is 11.4. The molecular weight excluding hydrogens is 282 g/mol. The zero-order valence-electron chi connectivity index (χ0n) is 9.81. The maximum atomic E-state index is 11.9. The van der Waals surface area contributed by atoms with Crippen LogP contribution in [-0.2, 0) is 6.54 Å². The van der Waals surface area contributed by atoms with Gasteiger partial charge in [-0.25, -0.2) is 4.98 Å². The Bertz CT molecular complexity index is 767. The second-order valence-electron chi connectivity index (χ2n) is 4.04. The van der Waals surface area contributed by atoms with Crippen molar-refractivity contribution in [3.05, 3.63) is 56.2 Å². The van der Waals surface area contributed by atoms with E-state index in [1.807, 2.05) is 16.8 Å². The molecule has 0 saturated heterocycles. The third-order valence-electron chi connectivity index (χ3n) is 2.70. The molecule has 4 nitrogen and oxygen atoms in total. The first-order valence-corrected chi connectivity index (χ1v) is 6.99. The quantitative estimate of drug-likeness (QED) is 0.779. The summed E-state index contributed by atoms with van der Waals surface area (Å²) in [4.78, 5) is 19.1. The van der Waals surface area contributed by atoms with Crippen LogP contribution in [0.5, 0.6) is 0 Å². The molecule has 0 aliphatic heterocycles. The van der Waals surface area contributed by atoms with Gasteiger partial charge in [-0.1, -0.05) is 11.6 Å². The molecule has 0 atom stereocenters. The summed E-state index contributed by atoms with van der Waals surface area (Å²) >= 11 is 7.53. The molecule has 0 aliphatic carbocycles. The summed E-state index contributed by atoms with van der Waals surface area (Å²) in [5.74, 6) is 0.589. The summed E-state index contributed by atoms with van der Waals surface area (Å²) in [5, 5.41) is 8.29. The Hall–Kier alpha value is -1.85. The lowest BCUT2D eigenvalue weighted by atomic mass is 10.2. The fourth-order valence-corrected chi connectivity index (χ4v) is 2.57. The van der Waals surface area contributed by atoms with Crippen LogP contribution in [0.2, 0.25) is 5.02 Å². The summed E-state index contributed by atoms with van der Waals surface area (Å²) in [6.07, 6.45) is 0. The number of aromatic nitrogens is 2. The minimum Gasteiger partial charge on any atom is -0.377 e. The van der Waals surface area contributed by atoms with Gasteiger partial charge in [-0.3, -0.25) is 4.79 Å². The van der Waals surface area contributed by atoms with E-state index in [9.17, 15) is 4.79 Å². The van der Waals surface area contributed by atoms with Crippen LogP contribution in [0.25, 0.3) is 10.9 Å². The SMILES string of the molecule is O=c1[nH]c(CNc2ccsc2)nc2cc(Cl)ccc12. The highest BCUT2D eigenvalue weighted by Crippen LogP contribution is 2.15. The Labute approximate surface area is 118 Å². The van der Waals surface area contributed by atoms with Gasteiger partial charge in [0.05, 0.1) is 17.4 Å². The first-order chi connectivity index (χ1) is 9.22. The number of benzene rings is 1. The van der Waals surface area contributed by atoms with Crippen molar-refractivity contribution in [1.29, 1.82) is 0 Å². The number of H-pyrrole nitrogens is 1. The van der Waals surface area contributed by atoms with E-state index in [2.05, 4.69) is 15.3 Å². The van der Waals surface area contributed by atoms with Gasteiger partial charge in [0.25, 0.3) is 5.56 Å². The van der Waals surface area contributed by atoms with Gasteiger partial charge in [0.1, 0.15) is 5.82 Å². The van der Waals surface area contributed by atoms with Gasteiger partial charge in [-0.15, -0.1) is 0 Å². The van der Waals surface area contributed by atoms with Crippen LogP contribution in [-0.4, -0.2) is 9.97 Å². The van der Waals surface area contributed by atoms with E-state index >= 15 is 0 Å². The number of hydrogen-bond donors (Lipinski definition) is 2. The Morgan fingerprint density at radius 1 is 1.37 bits per heavy atom. The highest BCUT2D eigenvalue weighted by atomic mass is 35.5. The Kier molecular flexibility index (Phi) is 3.23. The Balaban J connectivity index is 1.94. The molecule has 3 rings (SSSR count). The number of rotatable bonds is 3. The molecule has 1 aromatic carbocycles. The molecule has 0 aliphatic rings. The number of aromatic amines is 1. The van der Waals surface area contributed by atoms with E-state index in [0.29, 0.717) is 28.3 Å². The molecule has 0 spiro atoms. The molecule has 0 amide bonds. The monoisotopic (exact) mass is 291 g/mol. The Morgan fingerprint density at radius 2 is 2.26 bits per heavy atom. The topological polar surface area (TPSA) is 57.8 Å². The standard InChI is InChI=1S/C13H10ClN3OS/c14-8-1-2-10-11(5-8)16-12(17-13(10)18)6-15-9-3-4-19-7-9/h1-5,7,15H,6H2,(H,16,17,18). The maximum Gasteiger partial charge on any atom is 0.258 e. The molecule has 2 aromatic heterocycles. The van der Waals surface area contributed by atoms with Crippen LogP contribution in [0.15, 0.2) is 39.8 Å². The molecule has 2 heterocycles. The van der Waals surface area contributed by atoms with E-state index in [1.54, 1.807) is 29.5 Å². The predicted octanol–water partition coefficient (Wildman–Crippen LogP) is 3.25. The number of halogens is 1. The highest BCUT2D eigenvalue weighted by Gasteiger charge is 2.04. The Morgan fingerprint density at radius 3 is 3.05 bits per heavy atom. The number of thiophene rings is 1. The zero-order chi connectivity index (χ0) is 13.2. The van der Waals surface area contributed by atoms with Gasteiger partial charge in [-0.2, -0.15) is 11.3 Å². The van der Waals surface area contributed by atoms with Crippen molar-refractivity contribution in [3.63, 3.8) is 0 Å². The summed E-state index contributed by atoms with van der Waals surface area (Å²) in [7, 11) is 0. The fourth-order valence-electron chi connectivity index (χ4n) is 1.80. The van der Waals surface area contributed by atoms with Crippen LogP contribution < -0.4 is 10.9 Å². The molecule has 0 radical (unpaired) electrons. The van der Waals surface area contributed by atoms with E-state index in [0.717, 1.165) is 5.69 Å². The minimum atomic E-state index is -0.149. The lowest BCUT2D eigenvalue weighted by molar-refractivity contribution is 0.954. The van der Waals surface area contributed by atoms with Gasteiger partial charge in [0, 0.05) is 16.1 Å². The first kappa shape index (κ1) is 12.2. The van der Waals surface area contributed by atoms with E-state index in [-0.39, 0.29) is 5.56 Å². The van der Waals surface area contributed by atoms with E-state index in [1.165, 1.54) is 0 Å². The average Bonchev–Trinajstić information content (AvgIpc) is 2.89. The van der Waals surface area contributed by atoms with Crippen LogP contribution >= 0.6 is 22.9 Å². The predicted molar refractivity (Wildman–Crippen MR) is 79.0 cm³/mol. The number of anilines is 1. The summed E-state index contributed by atoms with van der Waals surface area (Å²) in [6.45, 7) is 0.467. The normalized spacial score (nSPS) is 10.8. The number of fused-ring (bicyclic) bond motifs is 1. The van der Waals surface area contributed by atoms with Crippen molar-refractivity contribution in [2.75, 3.05) is 5.32 Å². The minimum absolute atomic E-state index is 0.149. The number of hydrogen-bond acceptors (Lipinski definition) is 4. The first-order valence-electron chi connectivity index (χ1n) is 5.67. The lowest BCUT2D eigenvalue weighted by Gasteiger charge is -2.05. The van der Waals surface area contributed by atoms with Crippen molar-refractivity contribution in [1.82, 2.24) is 9.97 Å². The molecule has 0 unspecified atom stereocenters. The summed E-state index contributed by atoms with van der Waals surface area (Å²) < 4.78 is 0.